The van der Waals surface area contributed by atoms with Gasteiger partial charge in [-0.3, -0.25) is 0 Å². The lowest BCUT2D eigenvalue weighted by atomic mass is 9.85. The molecule has 66 valence electrons. The van der Waals surface area contributed by atoms with Crippen molar-refractivity contribution >= 4 is 0 Å². The predicted molar refractivity (Wildman–Crippen MR) is 55.1 cm³/mol. The molecule has 12 heavy (non-hydrogen) atoms. The highest BCUT2D eigenvalue weighted by Crippen LogP contribution is 2.29. The predicted octanol–water partition coefficient (Wildman–Crippen LogP) is 3.87. The molecule has 0 heteroatoms. The molecule has 0 aromatic carbocycles. The molecule has 0 nitrogen and oxygen atoms in total. The zero-order chi connectivity index (χ0) is 8.97. The highest BCUT2D eigenvalue weighted by atomic mass is 14.2. The summed E-state index contributed by atoms with van der Waals surface area (Å²) in [5, 5.41) is 0. The summed E-state index contributed by atoms with van der Waals surface area (Å²) in [5.41, 5.74) is 3.08. The Labute approximate surface area is 75.7 Å². The molecule has 1 unspecified atom stereocenters. The first kappa shape index (κ1) is 9.31. The Morgan fingerprint density at radius 3 is 2.92 bits per heavy atom. The largest absolute Gasteiger partial charge is 0.0991 e. The molecule has 0 saturated heterocycles. The second-order valence-electron chi connectivity index (χ2n) is 3.75. The van der Waals surface area contributed by atoms with Crippen molar-refractivity contribution < 1.29 is 0 Å². The van der Waals surface area contributed by atoms with Gasteiger partial charge >= 0.3 is 0 Å². The second-order valence-corrected chi connectivity index (χ2v) is 3.75. The van der Waals surface area contributed by atoms with Crippen molar-refractivity contribution in [3.63, 3.8) is 0 Å². The van der Waals surface area contributed by atoms with Crippen LogP contribution in [-0.4, -0.2) is 0 Å². The molecule has 0 fully saturated rings. The van der Waals surface area contributed by atoms with Gasteiger partial charge in [0.1, 0.15) is 0 Å². The van der Waals surface area contributed by atoms with Gasteiger partial charge in [-0.2, -0.15) is 0 Å². The third-order valence-corrected chi connectivity index (χ3v) is 2.56. The van der Waals surface area contributed by atoms with Gasteiger partial charge in [0.25, 0.3) is 0 Å². The van der Waals surface area contributed by atoms with E-state index in [1.165, 1.54) is 24.8 Å². The van der Waals surface area contributed by atoms with Gasteiger partial charge in [-0.1, -0.05) is 37.3 Å². The maximum absolute atomic E-state index is 3.68. The molecule has 0 amide bonds. The molecule has 0 aliphatic heterocycles. The summed E-state index contributed by atoms with van der Waals surface area (Å²) in [4.78, 5) is 0. The van der Waals surface area contributed by atoms with Crippen LogP contribution in [0.1, 0.15) is 33.1 Å². The minimum atomic E-state index is 0.859. The highest BCUT2D eigenvalue weighted by Gasteiger charge is 2.12. The molecule has 0 radical (unpaired) electrons. The third kappa shape index (κ3) is 2.37. The lowest BCUT2D eigenvalue weighted by Crippen LogP contribution is -2.04. The fourth-order valence-corrected chi connectivity index (χ4v) is 1.67. The summed E-state index contributed by atoms with van der Waals surface area (Å²) in [6.07, 6.45) is 9.97. The average Bonchev–Trinajstić information content (AvgIpc) is 2.07. The van der Waals surface area contributed by atoms with Crippen LogP contribution in [0.15, 0.2) is 36.0 Å². The van der Waals surface area contributed by atoms with Crippen LogP contribution >= 0.6 is 0 Å². The summed E-state index contributed by atoms with van der Waals surface area (Å²) < 4.78 is 0. The quantitative estimate of drug-likeness (QED) is 0.541. The van der Waals surface area contributed by atoms with Crippen LogP contribution in [0.3, 0.4) is 0 Å². The van der Waals surface area contributed by atoms with E-state index in [1.807, 2.05) is 12.2 Å². The Balaban J connectivity index is 2.70. The van der Waals surface area contributed by atoms with E-state index in [0.29, 0.717) is 0 Å². The van der Waals surface area contributed by atoms with Gasteiger partial charge in [0.15, 0.2) is 0 Å². The van der Waals surface area contributed by atoms with Gasteiger partial charge in [0, 0.05) is 0 Å². The van der Waals surface area contributed by atoms with Crippen LogP contribution in [0.5, 0.6) is 0 Å². The first-order valence-corrected chi connectivity index (χ1v) is 4.71. The van der Waals surface area contributed by atoms with Crippen molar-refractivity contribution in [2.45, 2.75) is 33.1 Å². The molecule has 0 aromatic rings. The van der Waals surface area contributed by atoms with Crippen molar-refractivity contribution in [3.8, 4) is 0 Å². The number of rotatable bonds is 2. The molecule has 1 aliphatic rings. The van der Waals surface area contributed by atoms with Crippen LogP contribution in [0.2, 0.25) is 0 Å². The third-order valence-electron chi connectivity index (χ3n) is 2.56. The molecule has 0 bridgehead atoms. The van der Waals surface area contributed by atoms with Crippen LogP contribution in [0.4, 0.5) is 0 Å². The summed E-state index contributed by atoms with van der Waals surface area (Å²) in [7, 11) is 0. The number of allylic oxidation sites excluding steroid dienone is 5. The van der Waals surface area contributed by atoms with Gasteiger partial charge in [0.2, 0.25) is 0 Å². The first-order chi connectivity index (χ1) is 5.74. The van der Waals surface area contributed by atoms with Crippen molar-refractivity contribution in [2.75, 3.05) is 0 Å². The van der Waals surface area contributed by atoms with Crippen LogP contribution < -0.4 is 0 Å². The van der Waals surface area contributed by atoms with Crippen molar-refractivity contribution in [1.82, 2.24) is 0 Å². The Kier molecular flexibility index (Phi) is 3.33. The molecule has 0 spiro atoms. The summed E-state index contributed by atoms with van der Waals surface area (Å²) >= 11 is 0. The Hall–Kier alpha value is -0.780. The van der Waals surface area contributed by atoms with Crippen molar-refractivity contribution in [3.05, 3.63) is 36.0 Å². The van der Waals surface area contributed by atoms with Gasteiger partial charge < -0.3 is 0 Å². The molecule has 1 aliphatic carbocycles. The fraction of sp³-hybridized carbons (Fsp3) is 0.500. The minimum absolute atomic E-state index is 0.859. The van der Waals surface area contributed by atoms with Crippen molar-refractivity contribution in [1.29, 1.82) is 0 Å². The minimum Gasteiger partial charge on any atom is -0.0991 e. The van der Waals surface area contributed by atoms with Crippen LogP contribution in [-0.2, 0) is 0 Å². The Morgan fingerprint density at radius 1 is 1.50 bits per heavy atom. The van der Waals surface area contributed by atoms with Crippen LogP contribution in [0.25, 0.3) is 0 Å². The van der Waals surface area contributed by atoms with E-state index in [4.69, 9.17) is 0 Å². The maximum atomic E-state index is 3.68. The Bertz CT molecular complexity index is 218. The summed E-state index contributed by atoms with van der Waals surface area (Å²) in [6, 6.07) is 0. The number of hydrogen-bond donors (Lipinski definition) is 0. The van der Waals surface area contributed by atoms with Gasteiger partial charge in [0.05, 0.1) is 0 Å². The second kappa shape index (κ2) is 4.30. The molecule has 0 heterocycles. The summed E-state index contributed by atoms with van der Waals surface area (Å²) in [5.74, 6) is 0.859. The highest BCUT2D eigenvalue weighted by molar-refractivity contribution is 5.28. The molecule has 1 atom stereocenters. The molecular weight excluding hydrogens is 144 g/mol. The molecule has 0 aromatic heterocycles. The smallest absolute Gasteiger partial charge is 0.0253 e. The van der Waals surface area contributed by atoms with E-state index in [1.54, 1.807) is 5.57 Å². The van der Waals surface area contributed by atoms with Crippen LogP contribution in [0, 0.1) is 5.92 Å². The van der Waals surface area contributed by atoms with E-state index in [-0.39, 0.29) is 0 Å². The standard InChI is InChI=1S/C12H18/c1-4-5-6-12-9-10(2)7-8-11(12)3/h4-6,10H,1,7-9H2,2-3H3. The monoisotopic (exact) mass is 162 g/mol. The van der Waals surface area contributed by atoms with E-state index < -0.39 is 0 Å². The van der Waals surface area contributed by atoms with E-state index in [0.717, 1.165) is 5.92 Å². The van der Waals surface area contributed by atoms with Gasteiger partial charge in [-0.25, -0.2) is 0 Å². The van der Waals surface area contributed by atoms with Gasteiger partial charge in [-0.05, 0) is 37.7 Å². The zero-order valence-corrected chi connectivity index (χ0v) is 8.14. The van der Waals surface area contributed by atoms with Gasteiger partial charge in [-0.15, -0.1) is 0 Å². The number of hydrogen-bond acceptors (Lipinski definition) is 0. The summed E-state index contributed by atoms with van der Waals surface area (Å²) in [6.45, 7) is 8.25. The zero-order valence-electron chi connectivity index (χ0n) is 8.14. The topological polar surface area (TPSA) is 0 Å². The molecule has 1 rings (SSSR count). The average molecular weight is 162 g/mol. The molecular formula is C12H18. The van der Waals surface area contributed by atoms with Crippen molar-refractivity contribution in [2.24, 2.45) is 5.92 Å². The van der Waals surface area contributed by atoms with E-state index in [9.17, 15) is 0 Å². The van der Waals surface area contributed by atoms with E-state index >= 15 is 0 Å². The lowest BCUT2D eigenvalue weighted by Gasteiger charge is -2.20. The Morgan fingerprint density at radius 2 is 2.25 bits per heavy atom. The molecule has 0 saturated carbocycles. The normalized spacial score (nSPS) is 25.0. The fourth-order valence-electron chi connectivity index (χ4n) is 1.67. The first-order valence-electron chi connectivity index (χ1n) is 4.71. The molecule has 0 N–H and O–H groups in total. The van der Waals surface area contributed by atoms with E-state index in [2.05, 4.69) is 26.5 Å². The SMILES string of the molecule is C=CC=CC1=C(C)CCC(C)C1. The lowest BCUT2D eigenvalue weighted by molar-refractivity contribution is 0.502. The maximum Gasteiger partial charge on any atom is -0.0253 e.